The quantitative estimate of drug-likeness (QED) is 0.618. The first-order chi connectivity index (χ1) is 16.7. The highest BCUT2D eigenvalue weighted by atomic mass is 16.2. The smallest absolute Gasteiger partial charge is 0.254 e. The number of benzene rings is 3. The predicted octanol–water partition coefficient (Wildman–Crippen LogP) is 4.47. The number of nitrogens with zero attached hydrogens (tertiary/aromatic N) is 2. The van der Waals surface area contributed by atoms with Gasteiger partial charge in [0.1, 0.15) is 0 Å². The van der Waals surface area contributed by atoms with Crippen LogP contribution >= 0.6 is 0 Å². The predicted molar refractivity (Wildman–Crippen MR) is 135 cm³/mol. The molecule has 0 bridgehead atoms. The van der Waals surface area contributed by atoms with Crippen LogP contribution < -0.4 is 5.32 Å². The van der Waals surface area contributed by atoms with Gasteiger partial charge in [-0.05, 0) is 48.1 Å². The molecule has 3 aromatic rings. The summed E-state index contributed by atoms with van der Waals surface area (Å²) in [6, 6.07) is 24.7. The number of carbonyl (C=O) groups is 2. The fraction of sp³-hybridized carbons (Fsp3) is 0.379. The minimum absolute atomic E-state index is 0.00100. The lowest BCUT2D eigenvalue weighted by Crippen LogP contribution is -2.48. The standard InChI is InChI=1S/C29H33N3O2/c33-28(30-25-15-17-31(18-16-25)21-22-7-2-1-3-8-22)24-13-19-32(20-14-24)29(34)27-12-6-10-23-9-4-5-11-26(23)27/h1-12,24-25H,13-21H2,(H,30,33). The maximum atomic E-state index is 13.2. The van der Waals surface area contributed by atoms with Gasteiger partial charge in [0.25, 0.3) is 5.91 Å². The average Bonchev–Trinajstić information content (AvgIpc) is 2.90. The summed E-state index contributed by atoms with van der Waals surface area (Å²) in [6.45, 7) is 4.27. The Kier molecular flexibility index (Phi) is 6.91. The monoisotopic (exact) mass is 455 g/mol. The number of amides is 2. The minimum Gasteiger partial charge on any atom is -0.353 e. The summed E-state index contributed by atoms with van der Waals surface area (Å²) >= 11 is 0. The van der Waals surface area contributed by atoms with E-state index in [4.69, 9.17) is 0 Å². The zero-order valence-corrected chi connectivity index (χ0v) is 19.7. The van der Waals surface area contributed by atoms with Crippen LogP contribution in [0.15, 0.2) is 72.8 Å². The van der Waals surface area contributed by atoms with E-state index < -0.39 is 0 Å². The molecule has 2 saturated heterocycles. The van der Waals surface area contributed by atoms with Crippen LogP contribution in [0, 0.1) is 5.92 Å². The number of hydrogen-bond donors (Lipinski definition) is 1. The van der Waals surface area contributed by atoms with Crippen molar-refractivity contribution in [2.45, 2.75) is 38.3 Å². The third kappa shape index (κ3) is 5.15. The van der Waals surface area contributed by atoms with Crippen LogP contribution in [0.5, 0.6) is 0 Å². The topological polar surface area (TPSA) is 52.7 Å². The molecule has 2 aliphatic heterocycles. The van der Waals surface area contributed by atoms with E-state index in [9.17, 15) is 9.59 Å². The van der Waals surface area contributed by atoms with Crippen molar-refractivity contribution in [2.24, 2.45) is 5.92 Å². The molecule has 2 heterocycles. The Hall–Kier alpha value is -3.18. The fourth-order valence-corrected chi connectivity index (χ4v) is 5.32. The number of likely N-dealkylation sites (tertiary alicyclic amines) is 2. The number of rotatable bonds is 5. The first-order valence-electron chi connectivity index (χ1n) is 12.5. The van der Waals surface area contributed by atoms with Gasteiger partial charge in [-0.2, -0.15) is 0 Å². The molecule has 0 spiro atoms. The highest BCUT2D eigenvalue weighted by Crippen LogP contribution is 2.24. The summed E-state index contributed by atoms with van der Waals surface area (Å²) in [7, 11) is 0. The molecule has 0 aliphatic carbocycles. The van der Waals surface area contributed by atoms with Gasteiger partial charge in [0.15, 0.2) is 0 Å². The zero-order chi connectivity index (χ0) is 23.3. The summed E-state index contributed by atoms with van der Waals surface area (Å²) in [5, 5.41) is 5.38. The Morgan fingerprint density at radius 3 is 2.21 bits per heavy atom. The number of nitrogens with one attached hydrogen (secondary N) is 1. The van der Waals surface area contributed by atoms with Crippen LogP contribution in [0.3, 0.4) is 0 Å². The van der Waals surface area contributed by atoms with Gasteiger partial charge >= 0.3 is 0 Å². The number of fused-ring (bicyclic) bond motifs is 1. The molecule has 5 rings (SSSR count). The Morgan fingerprint density at radius 2 is 1.44 bits per heavy atom. The van der Waals surface area contributed by atoms with Crippen molar-refractivity contribution in [2.75, 3.05) is 26.2 Å². The van der Waals surface area contributed by atoms with Crippen molar-refractivity contribution >= 4 is 22.6 Å². The van der Waals surface area contributed by atoms with Crippen LogP contribution in [0.25, 0.3) is 10.8 Å². The van der Waals surface area contributed by atoms with E-state index in [1.54, 1.807) is 0 Å². The Labute approximate surface area is 201 Å². The molecular weight excluding hydrogens is 422 g/mol. The molecule has 2 fully saturated rings. The van der Waals surface area contributed by atoms with Crippen molar-refractivity contribution in [3.05, 3.63) is 83.9 Å². The van der Waals surface area contributed by atoms with Gasteiger partial charge in [0, 0.05) is 50.2 Å². The number of piperidine rings is 2. The Balaban J connectivity index is 1.09. The summed E-state index contributed by atoms with van der Waals surface area (Å²) in [5.41, 5.74) is 2.10. The maximum absolute atomic E-state index is 13.2. The van der Waals surface area contributed by atoms with E-state index in [-0.39, 0.29) is 23.8 Å². The molecule has 0 unspecified atom stereocenters. The molecule has 1 N–H and O–H groups in total. The zero-order valence-electron chi connectivity index (χ0n) is 19.7. The minimum atomic E-state index is -0.00100. The molecule has 5 heteroatoms. The summed E-state index contributed by atoms with van der Waals surface area (Å²) in [5.74, 6) is 0.235. The van der Waals surface area contributed by atoms with Gasteiger partial charge < -0.3 is 10.2 Å². The lowest BCUT2D eigenvalue weighted by atomic mass is 9.93. The summed E-state index contributed by atoms with van der Waals surface area (Å²) < 4.78 is 0. The first-order valence-corrected chi connectivity index (χ1v) is 12.5. The van der Waals surface area contributed by atoms with Crippen LogP contribution in [0.1, 0.15) is 41.6 Å². The lowest BCUT2D eigenvalue weighted by molar-refractivity contribution is -0.127. The van der Waals surface area contributed by atoms with Gasteiger partial charge in [-0.25, -0.2) is 0 Å². The van der Waals surface area contributed by atoms with Crippen molar-refractivity contribution < 1.29 is 9.59 Å². The normalized spacial score (nSPS) is 18.2. The van der Waals surface area contributed by atoms with Crippen molar-refractivity contribution in [3.8, 4) is 0 Å². The number of carbonyl (C=O) groups excluding carboxylic acids is 2. The SMILES string of the molecule is O=C(NC1CCN(Cc2ccccc2)CC1)C1CCN(C(=O)c2cccc3ccccc23)CC1. The second-order valence-electron chi connectivity index (χ2n) is 9.64. The van der Waals surface area contributed by atoms with Gasteiger partial charge in [0.05, 0.1) is 0 Å². The van der Waals surface area contributed by atoms with E-state index >= 15 is 0 Å². The molecule has 5 nitrogen and oxygen atoms in total. The van der Waals surface area contributed by atoms with Crippen LogP contribution in [0.2, 0.25) is 0 Å². The van der Waals surface area contributed by atoms with E-state index in [2.05, 4.69) is 40.5 Å². The molecule has 0 radical (unpaired) electrons. The maximum Gasteiger partial charge on any atom is 0.254 e. The Bertz CT molecular complexity index is 1130. The average molecular weight is 456 g/mol. The second-order valence-corrected chi connectivity index (χ2v) is 9.64. The van der Waals surface area contributed by atoms with Crippen LogP contribution in [0.4, 0.5) is 0 Å². The van der Waals surface area contributed by atoms with Crippen LogP contribution in [-0.2, 0) is 11.3 Å². The van der Waals surface area contributed by atoms with E-state index in [1.165, 1.54) is 5.56 Å². The van der Waals surface area contributed by atoms with Gasteiger partial charge in [-0.1, -0.05) is 66.7 Å². The third-order valence-corrected chi connectivity index (χ3v) is 7.36. The largest absolute Gasteiger partial charge is 0.353 e. The molecule has 2 aliphatic rings. The third-order valence-electron chi connectivity index (χ3n) is 7.36. The van der Waals surface area contributed by atoms with E-state index in [0.29, 0.717) is 13.1 Å². The molecule has 3 aromatic carbocycles. The lowest BCUT2D eigenvalue weighted by Gasteiger charge is -2.35. The highest BCUT2D eigenvalue weighted by Gasteiger charge is 2.30. The molecule has 0 saturated carbocycles. The fourth-order valence-electron chi connectivity index (χ4n) is 5.32. The summed E-state index contributed by atoms with van der Waals surface area (Å²) in [6.07, 6.45) is 3.46. The van der Waals surface area contributed by atoms with E-state index in [0.717, 1.165) is 61.7 Å². The molecule has 176 valence electrons. The molecule has 34 heavy (non-hydrogen) atoms. The molecular formula is C29H33N3O2. The van der Waals surface area contributed by atoms with Gasteiger partial charge in [0.2, 0.25) is 5.91 Å². The van der Waals surface area contributed by atoms with Gasteiger partial charge in [-0.3, -0.25) is 14.5 Å². The highest BCUT2D eigenvalue weighted by molar-refractivity contribution is 6.07. The Morgan fingerprint density at radius 1 is 0.765 bits per heavy atom. The molecule has 0 aromatic heterocycles. The van der Waals surface area contributed by atoms with Crippen LogP contribution in [-0.4, -0.2) is 53.8 Å². The van der Waals surface area contributed by atoms with Crippen molar-refractivity contribution in [1.82, 2.24) is 15.1 Å². The first kappa shape index (κ1) is 22.6. The number of hydrogen-bond acceptors (Lipinski definition) is 3. The molecule has 2 amide bonds. The van der Waals surface area contributed by atoms with Crippen molar-refractivity contribution in [1.29, 1.82) is 0 Å². The van der Waals surface area contributed by atoms with Gasteiger partial charge in [-0.15, -0.1) is 0 Å². The van der Waals surface area contributed by atoms with Crippen molar-refractivity contribution in [3.63, 3.8) is 0 Å². The van der Waals surface area contributed by atoms with E-state index in [1.807, 2.05) is 47.4 Å². The second kappa shape index (κ2) is 10.4. The molecule has 0 atom stereocenters. The summed E-state index contributed by atoms with van der Waals surface area (Å²) in [4.78, 5) is 30.5.